The Kier molecular flexibility index (Phi) is 3.95. The number of para-hydroxylation sites is 1. The van der Waals surface area contributed by atoms with Crippen LogP contribution in [0.25, 0.3) is 0 Å². The van der Waals surface area contributed by atoms with E-state index < -0.39 is 0 Å². The predicted octanol–water partition coefficient (Wildman–Crippen LogP) is 4.16. The third-order valence-corrected chi connectivity index (χ3v) is 4.15. The highest BCUT2D eigenvalue weighted by Crippen LogP contribution is 2.27. The van der Waals surface area contributed by atoms with Gasteiger partial charge in [0.1, 0.15) is 0 Å². The Hall–Kier alpha value is -1.51. The Morgan fingerprint density at radius 2 is 2.00 bits per heavy atom. The van der Waals surface area contributed by atoms with Crippen LogP contribution in [0.3, 0.4) is 0 Å². The van der Waals surface area contributed by atoms with Crippen LogP contribution < -0.4 is 10.6 Å². The van der Waals surface area contributed by atoms with Crippen molar-refractivity contribution in [3.8, 4) is 0 Å². The van der Waals surface area contributed by atoms with E-state index in [0.717, 1.165) is 24.5 Å². The summed E-state index contributed by atoms with van der Waals surface area (Å²) in [5.74, 6) is 0. The first-order valence-electron chi connectivity index (χ1n) is 7.07. The fourth-order valence-electron chi connectivity index (χ4n) is 2.69. The van der Waals surface area contributed by atoms with E-state index in [4.69, 9.17) is 11.6 Å². The summed E-state index contributed by atoms with van der Waals surface area (Å²) in [6.07, 6.45) is 1.13. The van der Waals surface area contributed by atoms with E-state index in [1.165, 1.54) is 22.4 Å². The largest absolute Gasteiger partial charge is 0.384 e. The first-order chi connectivity index (χ1) is 9.74. The fraction of sp³-hybridized carbons (Fsp3) is 0.294. The second kappa shape index (κ2) is 5.86. The van der Waals surface area contributed by atoms with Gasteiger partial charge in [-0.15, -0.1) is 0 Å². The van der Waals surface area contributed by atoms with E-state index in [1.54, 1.807) is 0 Å². The molecule has 3 heteroatoms. The van der Waals surface area contributed by atoms with Crippen LogP contribution in [-0.4, -0.2) is 6.54 Å². The molecule has 0 radical (unpaired) electrons. The van der Waals surface area contributed by atoms with Gasteiger partial charge in [-0.2, -0.15) is 0 Å². The molecule has 0 fully saturated rings. The Bertz CT molecular complexity index is 592. The minimum Gasteiger partial charge on any atom is -0.384 e. The van der Waals surface area contributed by atoms with Gasteiger partial charge in [0.05, 0.1) is 0 Å². The minimum atomic E-state index is 0.310. The highest BCUT2D eigenvalue weighted by molar-refractivity contribution is 6.30. The molecule has 2 aromatic carbocycles. The van der Waals surface area contributed by atoms with Crippen molar-refractivity contribution in [1.82, 2.24) is 5.32 Å². The number of hydrogen-bond acceptors (Lipinski definition) is 2. The summed E-state index contributed by atoms with van der Waals surface area (Å²) in [5, 5.41) is 7.85. The molecule has 2 nitrogen and oxygen atoms in total. The van der Waals surface area contributed by atoms with Crippen LogP contribution in [0.2, 0.25) is 5.02 Å². The van der Waals surface area contributed by atoms with Gasteiger partial charge < -0.3 is 10.6 Å². The SMILES string of the molecule is CC(NCc1cccc2c1NCC2)c1ccc(Cl)cc1. The van der Waals surface area contributed by atoms with Crippen LogP contribution in [0.4, 0.5) is 5.69 Å². The molecule has 0 saturated heterocycles. The molecule has 0 saturated carbocycles. The molecular weight excluding hydrogens is 268 g/mol. The first-order valence-corrected chi connectivity index (χ1v) is 7.45. The number of rotatable bonds is 4. The molecule has 104 valence electrons. The van der Waals surface area contributed by atoms with E-state index in [-0.39, 0.29) is 0 Å². The number of anilines is 1. The Balaban J connectivity index is 1.68. The first kappa shape index (κ1) is 13.5. The molecule has 2 aromatic rings. The van der Waals surface area contributed by atoms with Crippen LogP contribution in [0.15, 0.2) is 42.5 Å². The number of halogens is 1. The van der Waals surface area contributed by atoms with Crippen molar-refractivity contribution in [2.24, 2.45) is 0 Å². The van der Waals surface area contributed by atoms with Crippen molar-refractivity contribution in [2.75, 3.05) is 11.9 Å². The third kappa shape index (κ3) is 2.82. The van der Waals surface area contributed by atoms with Gasteiger partial charge in [-0.05, 0) is 42.2 Å². The van der Waals surface area contributed by atoms with Gasteiger partial charge in [-0.3, -0.25) is 0 Å². The lowest BCUT2D eigenvalue weighted by Crippen LogP contribution is -2.18. The topological polar surface area (TPSA) is 24.1 Å². The molecule has 1 heterocycles. The normalized spacial score (nSPS) is 14.7. The summed E-state index contributed by atoms with van der Waals surface area (Å²) < 4.78 is 0. The molecule has 3 rings (SSSR count). The molecule has 1 unspecified atom stereocenters. The second-order valence-electron chi connectivity index (χ2n) is 5.28. The average molecular weight is 287 g/mol. The van der Waals surface area contributed by atoms with Crippen molar-refractivity contribution in [1.29, 1.82) is 0 Å². The lowest BCUT2D eigenvalue weighted by Gasteiger charge is -2.16. The minimum absolute atomic E-state index is 0.310. The molecule has 20 heavy (non-hydrogen) atoms. The quantitative estimate of drug-likeness (QED) is 0.882. The molecule has 1 atom stereocenters. The summed E-state index contributed by atoms with van der Waals surface area (Å²) in [7, 11) is 0. The molecule has 0 spiro atoms. The molecule has 0 aliphatic carbocycles. The Morgan fingerprint density at radius 3 is 2.80 bits per heavy atom. The summed E-state index contributed by atoms with van der Waals surface area (Å²) >= 11 is 5.92. The van der Waals surface area contributed by atoms with Crippen molar-refractivity contribution >= 4 is 17.3 Å². The van der Waals surface area contributed by atoms with Crippen molar-refractivity contribution in [2.45, 2.75) is 25.9 Å². The summed E-state index contributed by atoms with van der Waals surface area (Å²) in [4.78, 5) is 0. The molecule has 0 amide bonds. The highest BCUT2D eigenvalue weighted by Gasteiger charge is 2.14. The van der Waals surface area contributed by atoms with E-state index in [1.807, 2.05) is 12.1 Å². The second-order valence-corrected chi connectivity index (χ2v) is 5.72. The van der Waals surface area contributed by atoms with Crippen LogP contribution in [0.5, 0.6) is 0 Å². The van der Waals surface area contributed by atoms with Gasteiger partial charge in [-0.25, -0.2) is 0 Å². The number of benzene rings is 2. The molecule has 1 aliphatic rings. The molecule has 0 bridgehead atoms. The zero-order valence-electron chi connectivity index (χ0n) is 11.6. The maximum absolute atomic E-state index is 5.92. The van der Waals surface area contributed by atoms with Gasteiger partial charge in [0.25, 0.3) is 0 Å². The molecule has 0 aromatic heterocycles. The number of hydrogen-bond donors (Lipinski definition) is 2. The van der Waals surface area contributed by atoms with E-state index in [9.17, 15) is 0 Å². The third-order valence-electron chi connectivity index (χ3n) is 3.90. The monoisotopic (exact) mass is 286 g/mol. The van der Waals surface area contributed by atoms with E-state index in [2.05, 4.69) is 47.9 Å². The standard InChI is InChI=1S/C17H19ClN2/c1-12(13-5-7-16(18)8-6-13)20-11-15-4-2-3-14-9-10-19-17(14)15/h2-8,12,19-20H,9-11H2,1H3. The average Bonchev–Trinajstić information content (AvgIpc) is 2.94. The van der Waals surface area contributed by atoms with E-state index >= 15 is 0 Å². The highest BCUT2D eigenvalue weighted by atomic mass is 35.5. The lowest BCUT2D eigenvalue weighted by molar-refractivity contribution is 0.575. The zero-order valence-corrected chi connectivity index (χ0v) is 12.4. The Labute approximate surface area is 125 Å². The summed E-state index contributed by atoms with van der Waals surface area (Å²) in [6.45, 7) is 4.11. The maximum atomic E-state index is 5.92. The smallest absolute Gasteiger partial charge is 0.0419 e. The van der Waals surface area contributed by atoms with Gasteiger partial charge in [-0.1, -0.05) is 41.9 Å². The van der Waals surface area contributed by atoms with Crippen molar-refractivity contribution < 1.29 is 0 Å². The molecular formula is C17H19ClN2. The van der Waals surface area contributed by atoms with Crippen molar-refractivity contribution in [3.05, 3.63) is 64.2 Å². The zero-order chi connectivity index (χ0) is 13.9. The molecule has 1 aliphatic heterocycles. The van der Waals surface area contributed by atoms with Gasteiger partial charge >= 0.3 is 0 Å². The van der Waals surface area contributed by atoms with Gasteiger partial charge in [0, 0.05) is 29.8 Å². The van der Waals surface area contributed by atoms with Crippen LogP contribution >= 0.6 is 11.6 Å². The maximum Gasteiger partial charge on any atom is 0.0419 e. The van der Waals surface area contributed by atoms with Crippen molar-refractivity contribution in [3.63, 3.8) is 0 Å². The van der Waals surface area contributed by atoms with Crippen LogP contribution in [-0.2, 0) is 13.0 Å². The fourth-order valence-corrected chi connectivity index (χ4v) is 2.82. The van der Waals surface area contributed by atoms with Crippen LogP contribution in [0.1, 0.15) is 29.7 Å². The molecule has 2 N–H and O–H groups in total. The summed E-state index contributed by atoms with van der Waals surface area (Å²) in [5.41, 5.74) is 5.36. The van der Waals surface area contributed by atoms with E-state index in [0.29, 0.717) is 6.04 Å². The lowest BCUT2D eigenvalue weighted by atomic mass is 10.1. The number of fused-ring (bicyclic) bond motifs is 1. The number of nitrogens with one attached hydrogen (secondary N) is 2. The Morgan fingerprint density at radius 1 is 1.20 bits per heavy atom. The van der Waals surface area contributed by atoms with Gasteiger partial charge in [0.2, 0.25) is 0 Å². The van der Waals surface area contributed by atoms with Crippen LogP contribution in [0, 0.1) is 0 Å². The van der Waals surface area contributed by atoms with Gasteiger partial charge in [0.15, 0.2) is 0 Å². The predicted molar refractivity (Wildman–Crippen MR) is 85.3 cm³/mol. The summed E-state index contributed by atoms with van der Waals surface area (Å²) in [6, 6.07) is 14.9.